The molecule has 47 heavy (non-hydrogen) atoms. The first-order chi connectivity index (χ1) is 22.3. The molecule has 0 amide bonds. The standard InChI is InChI=1S/C35H31ClF6N2O3/c1-2-46-31(45)32(18-21-44(22-19-32)23-24-6-16-29(17-7-24)47-30-5-3-4-20-43-30)33(36,25-8-12-27(13-9-25)34(37,38)39)26-10-14-28(15-11-26)35(40,41)42/h3-17,20H,2,18-19,21-23H2,1H3. The van der Waals surface area contributed by atoms with E-state index in [1.54, 1.807) is 25.3 Å². The summed E-state index contributed by atoms with van der Waals surface area (Å²) < 4.78 is 92.1. The normalized spacial score (nSPS) is 15.7. The van der Waals surface area contributed by atoms with E-state index in [0.29, 0.717) is 31.3 Å². The molecule has 0 unspecified atom stereocenters. The summed E-state index contributed by atoms with van der Waals surface area (Å²) in [6.45, 7) is 2.83. The number of alkyl halides is 7. The zero-order valence-corrected chi connectivity index (χ0v) is 26.0. The summed E-state index contributed by atoms with van der Waals surface area (Å²) in [4.78, 5) is 18.3. The molecule has 1 aliphatic heterocycles. The van der Waals surface area contributed by atoms with E-state index in [1.165, 1.54) is 24.3 Å². The number of hydrogen-bond donors (Lipinski definition) is 0. The van der Waals surface area contributed by atoms with Crippen molar-refractivity contribution in [1.82, 2.24) is 9.88 Å². The third kappa shape index (κ3) is 7.26. The fourth-order valence-electron chi connectivity index (χ4n) is 6.00. The number of pyridine rings is 1. The number of ether oxygens (including phenoxy) is 2. The Morgan fingerprint density at radius 1 is 0.787 bits per heavy atom. The molecule has 0 spiro atoms. The number of hydrogen-bond acceptors (Lipinski definition) is 5. The van der Waals surface area contributed by atoms with Gasteiger partial charge in [-0.1, -0.05) is 42.5 Å². The van der Waals surface area contributed by atoms with Crippen LogP contribution in [0.25, 0.3) is 0 Å². The summed E-state index contributed by atoms with van der Waals surface area (Å²) in [5.41, 5.74) is -2.15. The summed E-state index contributed by atoms with van der Waals surface area (Å²) in [7, 11) is 0. The molecule has 0 bridgehead atoms. The van der Waals surface area contributed by atoms with Gasteiger partial charge in [-0.15, -0.1) is 11.6 Å². The topological polar surface area (TPSA) is 51.7 Å². The van der Waals surface area contributed by atoms with Crippen LogP contribution in [0.5, 0.6) is 11.6 Å². The van der Waals surface area contributed by atoms with Gasteiger partial charge in [-0.3, -0.25) is 9.69 Å². The molecule has 248 valence electrons. The number of esters is 1. The van der Waals surface area contributed by atoms with Gasteiger partial charge in [0.2, 0.25) is 5.88 Å². The second-order valence-corrected chi connectivity index (χ2v) is 11.9. The van der Waals surface area contributed by atoms with Gasteiger partial charge in [-0.2, -0.15) is 26.3 Å². The lowest BCUT2D eigenvalue weighted by Gasteiger charge is -2.49. The maximum atomic E-state index is 13.9. The van der Waals surface area contributed by atoms with Crippen molar-refractivity contribution in [2.24, 2.45) is 5.41 Å². The molecule has 12 heteroatoms. The molecule has 0 N–H and O–H groups in total. The molecule has 0 saturated carbocycles. The third-order valence-electron chi connectivity index (χ3n) is 8.44. The molecule has 0 atom stereocenters. The maximum Gasteiger partial charge on any atom is 0.416 e. The quantitative estimate of drug-likeness (QED) is 0.101. The molecule has 4 aromatic rings. The highest BCUT2D eigenvalue weighted by Crippen LogP contribution is 2.57. The van der Waals surface area contributed by atoms with Gasteiger partial charge in [0.05, 0.1) is 23.1 Å². The van der Waals surface area contributed by atoms with Gasteiger partial charge in [0, 0.05) is 18.8 Å². The van der Waals surface area contributed by atoms with Crippen molar-refractivity contribution in [1.29, 1.82) is 0 Å². The number of carbonyl (C=O) groups excluding carboxylic acids is 1. The molecule has 2 heterocycles. The monoisotopic (exact) mass is 676 g/mol. The van der Waals surface area contributed by atoms with E-state index in [1.807, 2.05) is 30.3 Å². The first kappa shape index (κ1) is 34.3. The minimum atomic E-state index is -4.63. The van der Waals surface area contributed by atoms with E-state index in [-0.39, 0.29) is 30.6 Å². The van der Waals surface area contributed by atoms with Crippen LogP contribution >= 0.6 is 11.6 Å². The zero-order valence-electron chi connectivity index (χ0n) is 25.2. The average Bonchev–Trinajstić information content (AvgIpc) is 3.05. The van der Waals surface area contributed by atoms with Crippen molar-refractivity contribution in [3.8, 4) is 11.6 Å². The smallest absolute Gasteiger partial charge is 0.416 e. The SMILES string of the molecule is CCOC(=O)C1(C(Cl)(c2ccc(C(F)(F)F)cc2)c2ccc(C(F)(F)F)cc2)CCN(Cc2ccc(Oc3ccccn3)cc2)CC1. The van der Waals surface area contributed by atoms with Gasteiger partial charge in [0.15, 0.2) is 0 Å². The number of likely N-dealkylation sites (tertiary alicyclic amines) is 1. The Bertz CT molecular complexity index is 1580. The number of carbonyl (C=O) groups is 1. The van der Waals surface area contributed by atoms with Crippen LogP contribution < -0.4 is 4.74 Å². The molecular formula is C35H31ClF6N2O3. The number of rotatable bonds is 9. The predicted molar refractivity (Wildman–Crippen MR) is 164 cm³/mol. The summed E-state index contributed by atoms with van der Waals surface area (Å²) in [5, 5.41) is 0. The van der Waals surface area contributed by atoms with Crippen LogP contribution in [0.3, 0.4) is 0 Å². The largest absolute Gasteiger partial charge is 0.465 e. The molecular weight excluding hydrogens is 646 g/mol. The number of aromatic nitrogens is 1. The Morgan fingerprint density at radius 3 is 1.74 bits per heavy atom. The average molecular weight is 677 g/mol. The number of benzene rings is 3. The predicted octanol–water partition coefficient (Wildman–Crippen LogP) is 9.24. The summed E-state index contributed by atoms with van der Waals surface area (Å²) in [6, 6.07) is 20.9. The fourth-order valence-corrected chi connectivity index (χ4v) is 6.52. The minimum Gasteiger partial charge on any atom is -0.465 e. The third-order valence-corrected chi connectivity index (χ3v) is 9.24. The van der Waals surface area contributed by atoms with E-state index >= 15 is 0 Å². The van der Waals surface area contributed by atoms with Gasteiger partial charge >= 0.3 is 18.3 Å². The molecule has 3 aromatic carbocycles. The molecule has 1 aromatic heterocycles. The Morgan fingerprint density at radius 2 is 1.30 bits per heavy atom. The molecule has 0 aliphatic carbocycles. The van der Waals surface area contributed by atoms with Gasteiger partial charge in [0.25, 0.3) is 0 Å². The molecule has 1 aliphatic rings. The summed E-state index contributed by atoms with van der Waals surface area (Å²) in [6.07, 6.45) is -7.39. The number of halogens is 7. The Hall–Kier alpha value is -4.09. The van der Waals surface area contributed by atoms with Crippen molar-refractivity contribution in [2.45, 2.75) is 43.5 Å². The Kier molecular flexibility index (Phi) is 9.88. The summed E-state index contributed by atoms with van der Waals surface area (Å²) in [5.74, 6) is 0.384. The van der Waals surface area contributed by atoms with Crippen LogP contribution in [-0.4, -0.2) is 35.5 Å². The van der Waals surface area contributed by atoms with E-state index in [2.05, 4.69) is 9.88 Å². The van der Waals surface area contributed by atoms with Crippen LogP contribution in [0.4, 0.5) is 26.3 Å². The Balaban J connectivity index is 1.46. The van der Waals surface area contributed by atoms with Crippen molar-refractivity contribution < 1.29 is 40.6 Å². The van der Waals surface area contributed by atoms with Crippen molar-refractivity contribution >= 4 is 17.6 Å². The molecule has 1 saturated heterocycles. The van der Waals surface area contributed by atoms with Crippen LogP contribution in [0.2, 0.25) is 0 Å². The van der Waals surface area contributed by atoms with Gasteiger partial charge in [-0.25, -0.2) is 4.98 Å². The van der Waals surface area contributed by atoms with Gasteiger partial charge in [-0.05, 0) is 92.0 Å². The summed E-state index contributed by atoms with van der Waals surface area (Å²) >= 11 is 7.48. The Labute approximate surface area is 273 Å². The second kappa shape index (κ2) is 13.6. The molecule has 1 fully saturated rings. The molecule has 5 nitrogen and oxygen atoms in total. The van der Waals surface area contributed by atoms with Gasteiger partial charge in [0.1, 0.15) is 10.6 Å². The van der Waals surface area contributed by atoms with Gasteiger partial charge < -0.3 is 9.47 Å². The van der Waals surface area contributed by atoms with Crippen molar-refractivity contribution in [2.75, 3.05) is 19.7 Å². The van der Waals surface area contributed by atoms with E-state index in [0.717, 1.165) is 29.8 Å². The van der Waals surface area contributed by atoms with Crippen LogP contribution in [-0.2, 0) is 33.3 Å². The first-order valence-electron chi connectivity index (χ1n) is 14.9. The lowest BCUT2D eigenvalue weighted by atomic mass is 9.62. The maximum absolute atomic E-state index is 13.9. The molecule has 0 radical (unpaired) electrons. The highest BCUT2D eigenvalue weighted by atomic mass is 35.5. The van der Waals surface area contributed by atoms with Crippen LogP contribution in [0.15, 0.2) is 97.2 Å². The van der Waals surface area contributed by atoms with Crippen LogP contribution in [0.1, 0.15) is 47.6 Å². The number of piperidine rings is 1. The van der Waals surface area contributed by atoms with E-state index in [4.69, 9.17) is 21.1 Å². The van der Waals surface area contributed by atoms with E-state index in [9.17, 15) is 31.1 Å². The van der Waals surface area contributed by atoms with E-state index < -0.39 is 39.7 Å². The second-order valence-electron chi connectivity index (χ2n) is 11.3. The highest BCUT2D eigenvalue weighted by Gasteiger charge is 2.59. The number of nitrogens with zero attached hydrogens (tertiary/aromatic N) is 2. The first-order valence-corrected chi connectivity index (χ1v) is 15.3. The zero-order chi connectivity index (χ0) is 33.9. The molecule has 5 rings (SSSR count). The lowest BCUT2D eigenvalue weighted by molar-refractivity contribution is -0.161. The van der Waals surface area contributed by atoms with Crippen molar-refractivity contribution in [3.05, 3.63) is 125 Å². The van der Waals surface area contributed by atoms with Crippen molar-refractivity contribution in [3.63, 3.8) is 0 Å². The lowest BCUT2D eigenvalue weighted by Crippen LogP contribution is -2.55. The minimum absolute atomic E-state index is 0.00418. The fraction of sp³-hybridized carbons (Fsp3) is 0.314. The van der Waals surface area contributed by atoms with Crippen LogP contribution in [0, 0.1) is 5.41 Å². The highest BCUT2D eigenvalue weighted by molar-refractivity contribution is 6.28.